The van der Waals surface area contributed by atoms with E-state index in [9.17, 15) is 4.39 Å². The standard InChI is InChI=1S/C9H2BrCl3FN3/c10-4-2-1-3(6(14)5(4)11)7-15-8(12)17-9(13)16-7/h1-2H. The van der Waals surface area contributed by atoms with Crippen molar-refractivity contribution in [1.82, 2.24) is 15.0 Å². The molecule has 0 atom stereocenters. The Hall–Kier alpha value is -0.490. The number of halogens is 5. The van der Waals surface area contributed by atoms with Crippen molar-refractivity contribution in [3.05, 3.63) is 38.0 Å². The highest BCUT2D eigenvalue weighted by Crippen LogP contribution is 2.32. The van der Waals surface area contributed by atoms with Gasteiger partial charge in [-0.1, -0.05) is 11.6 Å². The second-order valence-electron chi connectivity index (χ2n) is 2.92. The van der Waals surface area contributed by atoms with Crippen LogP contribution in [0.4, 0.5) is 4.39 Å². The fraction of sp³-hybridized carbons (Fsp3) is 0. The molecule has 0 bridgehead atoms. The first kappa shape index (κ1) is 13.0. The molecule has 1 aromatic heterocycles. The van der Waals surface area contributed by atoms with Gasteiger partial charge in [0.1, 0.15) is 0 Å². The van der Waals surface area contributed by atoms with Crippen LogP contribution in [0.5, 0.6) is 0 Å². The topological polar surface area (TPSA) is 38.7 Å². The zero-order valence-corrected chi connectivity index (χ0v) is 11.7. The summed E-state index contributed by atoms with van der Waals surface area (Å²) in [6.07, 6.45) is 0. The first-order valence-corrected chi connectivity index (χ1v) is 6.12. The molecule has 0 fully saturated rings. The van der Waals surface area contributed by atoms with Crippen LogP contribution in [-0.4, -0.2) is 15.0 Å². The van der Waals surface area contributed by atoms with Crippen molar-refractivity contribution < 1.29 is 4.39 Å². The minimum atomic E-state index is -0.653. The molecule has 0 amide bonds. The van der Waals surface area contributed by atoms with E-state index in [1.807, 2.05) is 0 Å². The molecule has 17 heavy (non-hydrogen) atoms. The van der Waals surface area contributed by atoms with Crippen LogP contribution in [0.1, 0.15) is 0 Å². The highest BCUT2D eigenvalue weighted by Gasteiger charge is 2.15. The van der Waals surface area contributed by atoms with Crippen molar-refractivity contribution in [3.63, 3.8) is 0 Å². The Kier molecular flexibility index (Phi) is 3.82. The summed E-state index contributed by atoms with van der Waals surface area (Å²) in [4.78, 5) is 11.1. The molecule has 0 saturated heterocycles. The summed E-state index contributed by atoms with van der Waals surface area (Å²) in [5, 5.41) is -0.285. The summed E-state index contributed by atoms with van der Waals surface area (Å²) in [5.41, 5.74) is 0.101. The predicted octanol–water partition coefficient (Wildman–Crippen LogP) is 4.40. The van der Waals surface area contributed by atoms with E-state index < -0.39 is 5.82 Å². The second-order valence-corrected chi connectivity index (χ2v) is 4.83. The van der Waals surface area contributed by atoms with E-state index in [1.54, 1.807) is 6.07 Å². The van der Waals surface area contributed by atoms with E-state index in [0.717, 1.165) is 0 Å². The van der Waals surface area contributed by atoms with Crippen LogP contribution in [0.2, 0.25) is 15.6 Å². The molecule has 2 aromatic rings. The number of benzene rings is 1. The number of hydrogen-bond acceptors (Lipinski definition) is 3. The Labute approximate surface area is 119 Å². The van der Waals surface area contributed by atoms with Crippen molar-refractivity contribution >= 4 is 50.7 Å². The first-order chi connectivity index (χ1) is 7.99. The molecule has 8 heteroatoms. The molecule has 0 saturated carbocycles. The zero-order chi connectivity index (χ0) is 12.6. The third-order valence-corrected chi connectivity index (χ3v) is 3.45. The van der Waals surface area contributed by atoms with Crippen molar-refractivity contribution in [2.45, 2.75) is 0 Å². The van der Waals surface area contributed by atoms with Gasteiger partial charge in [-0.05, 0) is 51.3 Å². The van der Waals surface area contributed by atoms with Crippen molar-refractivity contribution in [2.24, 2.45) is 0 Å². The maximum Gasteiger partial charge on any atom is 0.227 e. The molecule has 0 aliphatic heterocycles. The van der Waals surface area contributed by atoms with Gasteiger partial charge in [-0.25, -0.2) is 4.39 Å². The summed E-state index contributed by atoms with van der Waals surface area (Å²) in [6, 6.07) is 3.04. The average molecular weight is 357 g/mol. The Balaban J connectivity index is 2.64. The van der Waals surface area contributed by atoms with Crippen LogP contribution in [0.25, 0.3) is 11.4 Å². The molecule has 3 nitrogen and oxygen atoms in total. The summed E-state index contributed by atoms with van der Waals surface area (Å²) in [5.74, 6) is -0.624. The fourth-order valence-electron chi connectivity index (χ4n) is 1.14. The summed E-state index contributed by atoms with van der Waals surface area (Å²) < 4.78 is 14.3. The molecule has 1 heterocycles. The van der Waals surface area contributed by atoms with Gasteiger partial charge in [0.25, 0.3) is 0 Å². The highest BCUT2D eigenvalue weighted by atomic mass is 79.9. The minimum Gasteiger partial charge on any atom is -0.204 e. The van der Waals surface area contributed by atoms with Crippen molar-refractivity contribution in [3.8, 4) is 11.4 Å². The average Bonchev–Trinajstić information content (AvgIpc) is 2.24. The molecule has 2 rings (SSSR count). The molecule has 0 aliphatic rings. The van der Waals surface area contributed by atoms with Crippen LogP contribution in [0.3, 0.4) is 0 Å². The first-order valence-electron chi connectivity index (χ1n) is 4.20. The molecule has 88 valence electrons. The van der Waals surface area contributed by atoms with Crippen molar-refractivity contribution in [1.29, 1.82) is 0 Å². The van der Waals surface area contributed by atoms with E-state index in [1.165, 1.54) is 6.07 Å². The smallest absolute Gasteiger partial charge is 0.204 e. The number of rotatable bonds is 1. The largest absolute Gasteiger partial charge is 0.227 e. The van der Waals surface area contributed by atoms with Crippen LogP contribution in [-0.2, 0) is 0 Å². The zero-order valence-electron chi connectivity index (χ0n) is 7.89. The Morgan fingerprint density at radius 3 is 2.18 bits per heavy atom. The summed E-state index contributed by atoms with van der Waals surface area (Å²) in [6.45, 7) is 0. The lowest BCUT2D eigenvalue weighted by atomic mass is 10.2. The molecule has 1 aromatic carbocycles. The van der Waals surface area contributed by atoms with E-state index in [4.69, 9.17) is 34.8 Å². The molecule has 0 aliphatic carbocycles. The quantitative estimate of drug-likeness (QED) is 0.710. The van der Waals surface area contributed by atoms with Crippen LogP contribution in [0, 0.1) is 5.82 Å². The lowest BCUT2D eigenvalue weighted by Crippen LogP contribution is -1.96. The molecule has 0 unspecified atom stereocenters. The van der Waals surface area contributed by atoms with E-state index in [0.29, 0.717) is 4.47 Å². The van der Waals surface area contributed by atoms with Gasteiger partial charge in [0, 0.05) is 4.47 Å². The highest BCUT2D eigenvalue weighted by molar-refractivity contribution is 9.10. The summed E-state index contributed by atoms with van der Waals surface area (Å²) in [7, 11) is 0. The van der Waals surface area contributed by atoms with E-state index >= 15 is 0 Å². The molecule has 0 N–H and O–H groups in total. The third-order valence-electron chi connectivity index (χ3n) is 1.86. The van der Waals surface area contributed by atoms with Gasteiger partial charge in [0.15, 0.2) is 11.6 Å². The molecule has 0 spiro atoms. The van der Waals surface area contributed by atoms with Gasteiger partial charge in [0.05, 0.1) is 10.6 Å². The van der Waals surface area contributed by atoms with E-state index in [-0.39, 0.29) is 27.0 Å². The lowest BCUT2D eigenvalue weighted by molar-refractivity contribution is 0.629. The molecular formula is C9H2BrCl3FN3. The maximum absolute atomic E-state index is 13.9. The monoisotopic (exact) mass is 355 g/mol. The summed E-state index contributed by atoms with van der Waals surface area (Å²) >= 11 is 20.1. The van der Waals surface area contributed by atoms with Crippen LogP contribution < -0.4 is 0 Å². The van der Waals surface area contributed by atoms with Gasteiger partial charge in [-0.15, -0.1) is 0 Å². The van der Waals surface area contributed by atoms with Gasteiger partial charge >= 0.3 is 0 Å². The molecule has 0 radical (unpaired) electrons. The molecular weight excluding hydrogens is 355 g/mol. The third kappa shape index (κ3) is 2.68. The Bertz CT molecular complexity index is 574. The Morgan fingerprint density at radius 2 is 1.59 bits per heavy atom. The maximum atomic E-state index is 13.9. The number of aromatic nitrogens is 3. The normalized spacial score (nSPS) is 10.6. The number of nitrogens with zero attached hydrogens (tertiary/aromatic N) is 3. The minimum absolute atomic E-state index is 0.0295. The van der Waals surface area contributed by atoms with Crippen LogP contribution >= 0.6 is 50.7 Å². The number of hydrogen-bond donors (Lipinski definition) is 0. The van der Waals surface area contributed by atoms with Gasteiger partial charge in [-0.3, -0.25) is 0 Å². The van der Waals surface area contributed by atoms with Crippen LogP contribution in [0.15, 0.2) is 16.6 Å². The lowest BCUT2D eigenvalue weighted by Gasteiger charge is -2.05. The van der Waals surface area contributed by atoms with Gasteiger partial charge in [-0.2, -0.15) is 15.0 Å². The SMILES string of the molecule is Fc1c(-c2nc(Cl)nc(Cl)n2)ccc(Br)c1Cl. The fourth-order valence-corrected chi connectivity index (χ4v) is 1.98. The van der Waals surface area contributed by atoms with Gasteiger partial charge in [0.2, 0.25) is 10.6 Å². The predicted molar refractivity (Wildman–Crippen MR) is 68.0 cm³/mol. The van der Waals surface area contributed by atoms with E-state index in [2.05, 4.69) is 30.9 Å². The Morgan fingerprint density at radius 1 is 1.00 bits per heavy atom. The van der Waals surface area contributed by atoms with Gasteiger partial charge < -0.3 is 0 Å². The second kappa shape index (κ2) is 5.02. The van der Waals surface area contributed by atoms with Crippen molar-refractivity contribution in [2.75, 3.05) is 0 Å².